The van der Waals surface area contributed by atoms with Gasteiger partial charge in [0.1, 0.15) is 11.6 Å². The Kier molecular flexibility index (Phi) is 4.84. The Balaban J connectivity index is 2.15. The van der Waals surface area contributed by atoms with Crippen LogP contribution in [-0.2, 0) is 0 Å². The fourth-order valence-corrected chi connectivity index (χ4v) is 1.98. The third-order valence-corrected chi connectivity index (χ3v) is 2.87. The molecule has 1 aromatic carbocycles. The first-order valence-electron chi connectivity index (χ1n) is 6.76. The summed E-state index contributed by atoms with van der Waals surface area (Å²) >= 11 is 0. The normalized spacial score (nSPS) is 12.5. The van der Waals surface area contributed by atoms with E-state index in [4.69, 9.17) is 0 Å². The topological polar surface area (TPSA) is 83.3 Å². The van der Waals surface area contributed by atoms with Crippen molar-refractivity contribution in [2.24, 2.45) is 0 Å². The van der Waals surface area contributed by atoms with Gasteiger partial charge in [-0.1, -0.05) is 0 Å². The molecule has 1 heterocycles. The number of hydrogen-bond acceptors (Lipinski definition) is 5. The van der Waals surface area contributed by atoms with Gasteiger partial charge in [0.05, 0.1) is 11.8 Å². The summed E-state index contributed by atoms with van der Waals surface area (Å²) in [6, 6.07) is 5.73. The molecule has 8 heteroatoms. The van der Waals surface area contributed by atoms with Gasteiger partial charge in [0.25, 0.3) is 0 Å². The minimum atomic E-state index is -0.572. The summed E-state index contributed by atoms with van der Waals surface area (Å²) in [6.45, 7) is 3.60. The Morgan fingerprint density at radius 3 is 2.68 bits per heavy atom. The molecule has 0 aliphatic heterocycles. The molecule has 0 spiro atoms. The van der Waals surface area contributed by atoms with Crippen molar-refractivity contribution < 1.29 is 14.3 Å². The number of halogens is 1. The quantitative estimate of drug-likeness (QED) is 0.793. The van der Waals surface area contributed by atoms with Gasteiger partial charge in [-0.3, -0.25) is 10.2 Å². The molecule has 1 atom stereocenters. The molecule has 0 aliphatic rings. The first kappa shape index (κ1) is 16.1. The SMILES string of the molecule is Cc1nc(C(=O)NN(C)CC(C)O)nn1-c1ccc(F)cc1. The van der Waals surface area contributed by atoms with Crippen molar-refractivity contribution in [3.63, 3.8) is 0 Å². The second-order valence-corrected chi connectivity index (χ2v) is 5.04. The number of aryl methyl sites for hydroxylation is 1. The van der Waals surface area contributed by atoms with Crippen molar-refractivity contribution in [2.45, 2.75) is 20.0 Å². The molecule has 1 amide bonds. The zero-order chi connectivity index (χ0) is 16.3. The van der Waals surface area contributed by atoms with Crippen LogP contribution in [0, 0.1) is 12.7 Å². The lowest BCUT2D eigenvalue weighted by Crippen LogP contribution is -2.43. The number of carbonyl (C=O) groups excluding carboxylic acids is 1. The van der Waals surface area contributed by atoms with E-state index in [0.29, 0.717) is 11.5 Å². The highest BCUT2D eigenvalue weighted by Gasteiger charge is 2.17. The van der Waals surface area contributed by atoms with E-state index in [1.165, 1.54) is 21.8 Å². The number of carbonyl (C=O) groups is 1. The number of aliphatic hydroxyl groups is 1. The van der Waals surface area contributed by atoms with Crippen LogP contribution in [0.1, 0.15) is 23.4 Å². The standard InChI is InChI=1S/C14H18FN5O2/c1-9(21)8-19(3)18-14(22)13-16-10(2)20(17-13)12-6-4-11(15)5-7-12/h4-7,9,21H,8H2,1-3H3,(H,18,22). The molecule has 0 fully saturated rings. The maximum Gasteiger partial charge on any atom is 0.305 e. The largest absolute Gasteiger partial charge is 0.392 e. The summed E-state index contributed by atoms with van der Waals surface area (Å²) in [6.07, 6.45) is -0.572. The molecule has 2 rings (SSSR count). The number of hydrogen-bond donors (Lipinski definition) is 2. The average molecular weight is 307 g/mol. The Hall–Kier alpha value is -2.32. The number of nitrogens with one attached hydrogen (secondary N) is 1. The molecule has 1 aromatic heterocycles. The second kappa shape index (κ2) is 6.63. The van der Waals surface area contributed by atoms with Gasteiger partial charge in [0.15, 0.2) is 0 Å². The van der Waals surface area contributed by atoms with E-state index in [2.05, 4.69) is 15.5 Å². The first-order valence-corrected chi connectivity index (χ1v) is 6.76. The monoisotopic (exact) mass is 307 g/mol. The highest BCUT2D eigenvalue weighted by Crippen LogP contribution is 2.10. The van der Waals surface area contributed by atoms with E-state index < -0.39 is 12.0 Å². The van der Waals surface area contributed by atoms with Crippen molar-refractivity contribution in [3.8, 4) is 5.69 Å². The minimum Gasteiger partial charge on any atom is -0.392 e. The molecular weight excluding hydrogens is 289 g/mol. The zero-order valence-electron chi connectivity index (χ0n) is 12.6. The number of rotatable bonds is 5. The molecule has 0 bridgehead atoms. The van der Waals surface area contributed by atoms with Gasteiger partial charge in [-0.2, -0.15) is 0 Å². The predicted molar refractivity (Wildman–Crippen MR) is 77.8 cm³/mol. The Bertz CT molecular complexity index is 654. The molecule has 22 heavy (non-hydrogen) atoms. The summed E-state index contributed by atoms with van der Waals surface area (Å²) in [5, 5.41) is 14.8. The molecule has 7 nitrogen and oxygen atoms in total. The second-order valence-electron chi connectivity index (χ2n) is 5.04. The number of aliphatic hydroxyl groups excluding tert-OH is 1. The van der Waals surface area contributed by atoms with Crippen molar-refractivity contribution in [3.05, 3.63) is 41.7 Å². The van der Waals surface area contributed by atoms with Crippen molar-refractivity contribution in [1.82, 2.24) is 25.2 Å². The van der Waals surface area contributed by atoms with Crippen LogP contribution in [0.15, 0.2) is 24.3 Å². The Morgan fingerprint density at radius 2 is 2.09 bits per heavy atom. The summed E-state index contributed by atoms with van der Waals surface area (Å²) in [7, 11) is 1.63. The van der Waals surface area contributed by atoms with Gasteiger partial charge in [0.2, 0.25) is 5.82 Å². The summed E-state index contributed by atoms with van der Waals surface area (Å²) < 4.78 is 14.4. The van der Waals surface area contributed by atoms with Crippen molar-refractivity contribution >= 4 is 5.91 Å². The Labute approximate surface area is 127 Å². The molecular formula is C14H18FN5O2. The number of amides is 1. The van der Waals surface area contributed by atoms with Crippen LogP contribution >= 0.6 is 0 Å². The van der Waals surface area contributed by atoms with Gasteiger partial charge in [-0.15, -0.1) is 5.10 Å². The van der Waals surface area contributed by atoms with E-state index >= 15 is 0 Å². The zero-order valence-corrected chi connectivity index (χ0v) is 12.6. The van der Waals surface area contributed by atoms with Crippen molar-refractivity contribution in [1.29, 1.82) is 0 Å². The molecule has 118 valence electrons. The number of aromatic nitrogens is 3. The van der Waals surface area contributed by atoms with Crippen LogP contribution < -0.4 is 5.43 Å². The molecule has 0 saturated heterocycles. The molecule has 2 N–H and O–H groups in total. The van der Waals surface area contributed by atoms with Crippen LogP contribution in [0.5, 0.6) is 0 Å². The predicted octanol–water partition coefficient (Wildman–Crippen LogP) is 0.672. The lowest BCUT2D eigenvalue weighted by molar-refractivity contribution is 0.0719. The van der Waals surface area contributed by atoms with E-state index in [1.807, 2.05) is 0 Å². The number of benzene rings is 1. The molecule has 1 unspecified atom stereocenters. The van der Waals surface area contributed by atoms with Crippen LogP contribution in [-0.4, -0.2) is 50.5 Å². The highest BCUT2D eigenvalue weighted by atomic mass is 19.1. The summed E-state index contributed by atoms with van der Waals surface area (Å²) in [4.78, 5) is 16.2. The number of nitrogens with zero attached hydrogens (tertiary/aromatic N) is 4. The fourth-order valence-electron chi connectivity index (χ4n) is 1.98. The van der Waals surface area contributed by atoms with Gasteiger partial charge in [-0.25, -0.2) is 19.1 Å². The van der Waals surface area contributed by atoms with Gasteiger partial charge >= 0.3 is 5.91 Å². The van der Waals surface area contributed by atoms with E-state index in [1.54, 1.807) is 33.0 Å². The summed E-state index contributed by atoms with van der Waals surface area (Å²) in [5.41, 5.74) is 3.18. The molecule has 2 aromatic rings. The highest BCUT2D eigenvalue weighted by molar-refractivity contribution is 5.89. The summed E-state index contributed by atoms with van der Waals surface area (Å²) in [5.74, 6) is -0.319. The third-order valence-electron chi connectivity index (χ3n) is 2.87. The Morgan fingerprint density at radius 1 is 1.45 bits per heavy atom. The average Bonchev–Trinajstić information content (AvgIpc) is 2.81. The molecule has 0 radical (unpaired) electrons. The van der Waals surface area contributed by atoms with Crippen LogP contribution in [0.25, 0.3) is 5.69 Å². The van der Waals surface area contributed by atoms with Crippen LogP contribution in [0.4, 0.5) is 4.39 Å². The fraction of sp³-hybridized carbons (Fsp3) is 0.357. The number of hydrazine groups is 1. The van der Waals surface area contributed by atoms with Crippen molar-refractivity contribution in [2.75, 3.05) is 13.6 Å². The lowest BCUT2D eigenvalue weighted by atomic mass is 10.3. The third kappa shape index (κ3) is 3.86. The molecule has 0 saturated carbocycles. The lowest BCUT2D eigenvalue weighted by Gasteiger charge is -2.18. The maximum absolute atomic E-state index is 12.9. The van der Waals surface area contributed by atoms with E-state index in [-0.39, 0.29) is 18.2 Å². The maximum atomic E-state index is 12.9. The van der Waals surface area contributed by atoms with Gasteiger partial charge in [-0.05, 0) is 38.1 Å². The van der Waals surface area contributed by atoms with E-state index in [0.717, 1.165) is 0 Å². The first-order chi connectivity index (χ1) is 10.4. The minimum absolute atomic E-state index is 0.000678. The van der Waals surface area contributed by atoms with E-state index in [9.17, 15) is 14.3 Å². The number of likely N-dealkylation sites (N-methyl/N-ethyl adjacent to an activating group) is 1. The van der Waals surface area contributed by atoms with Gasteiger partial charge in [0, 0.05) is 13.6 Å². The van der Waals surface area contributed by atoms with Gasteiger partial charge < -0.3 is 5.11 Å². The smallest absolute Gasteiger partial charge is 0.305 e. The van der Waals surface area contributed by atoms with Crippen LogP contribution in [0.2, 0.25) is 0 Å². The molecule has 0 aliphatic carbocycles. The van der Waals surface area contributed by atoms with Crippen LogP contribution in [0.3, 0.4) is 0 Å².